The van der Waals surface area contributed by atoms with E-state index >= 15 is 0 Å². The van der Waals surface area contributed by atoms with Gasteiger partial charge in [0.1, 0.15) is 5.75 Å². The maximum Gasteiger partial charge on any atom is 0.312 e. The third-order valence-electron chi connectivity index (χ3n) is 4.55. The number of halogens is 1. The summed E-state index contributed by atoms with van der Waals surface area (Å²) in [5.74, 6) is 0.472. The molecule has 7 nitrogen and oxygen atoms in total. The summed E-state index contributed by atoms with van der Waals surface area (Å²) in [5.41, 5.74) is 8.20. The molecule has 160 valence electrons. The number of benzene rings is 3. The van der Waals surface area contributed by atoms with Gasteiger partial charge in [-0.25, -0.2) is 4.79 Å². The molecule has 0 fully saturated rings. The zero-order chi connectivity index (χ0) is 22.2. The second-order valence-electron chi connectivity index (χ2n) is 6.76. The Kier molecular flexibility index (Phi) is 7.35. The summed E-state index contributed by atoms with van der Waals surface area (Å²) in [6.45, 7) is 0. The van der Waals surface area contributed by atoms with Crippen molar-refractivity contribution in [2.45, 2.75) is 12.5 Å². The highest BCUT2D eigenvalue weighted by Gasteiger charge is 2.18. The van der Waals surface area contributed by atoms with Crippen LogP contribution in [0.1, 0.15) is 18.0 Å². The number of methoxy groups -OCH3 is 1. The standard InChI is InChI=1S/C23H23ClN4O3/c1-31-18-12-10-17(11-13-18)26-19-4-2-3-5-20(19)27-22(29)14-21(28-23(25)30)15-6-8-16(24)9-7-15/h2-13,21,26H,14H2,1H3,(H,27,29)(H3,25,28,30)/t21-/m0/s1. The molecule has 5 N–H and O–H groups in total. The van der Waals surface area contributed by atoms with E-state index in [4.69, 9.17) is 22.1 Å². The first-order valence-corrected chi connectivity index (χ1v) is 9.94. The number of hydrogen-bond donors (Lipinski definition) is 4. The number of carbonyl (C=O) groups is 2. The molecule has 31 heavy (non-hydrogen) atoms. The van der Waals surface area contributed by atoms with Crippen LogP contribution in [0.5, 0.6) is 5.75 Å². The van der Waals surface area contributed by atoms with E-state index in [9.17, 15) is 9.59 Å². The van der Waals surface area contributed by atoms with E-state index in [2.05, 4.69) is 16.0 Å². The number of para-hydroxylation sites is 2. The van der Waals surface area contributed by atoms with Crippen LogP contribution in [-0.2, 0) is 4.79 Å². The lowest BCUT2D eigenvalue weighted by atomic mass is 10.0. The van der Waals surface area contributed by atoms with E-state index in [1.165, 1.54) is 0 Å². The Morgan fingerprint density at radius 1 is 0.968 bits per heavy atom. The number of primary amides is 1. The summed E-state index contributed by atoms with van der Waals surface area (Å²) < 4.78 is 5.17. The van der Waals surface area contributed by atoms with Crippen molar-refractivity contribution in [2.75, 3.05) is 17.7 Å². The molecule has 0 aliphatic carbocycles. The van der Waals surface area contributed by atoms with Gasteiger partial charge in [-0.2, -0.15) is 0 Å². The van der Waals surface area contributed by atoms with E-state index in [1.807, 2.05) is 42.5 Å². The fraction of sp³-hybridized carbons (Fsp3) is 0.130. The molecule has 0 saturated carbocycles. The second kappa shape index (κ2) is 10.4. The van der Waals surface area contributed by atoms with Crippen LogP contribution in [0.4, 0.5) is 21.9 Å². The lowest BCUT2D eigenvalue weighted by Crippen LogP contribution is -2.35. The van der Waals surface area contributed by atoms with Crippen molar-refractivity contribution in [1.29, 1.82) is 0 Å². The van der Waals surface area contributed by atoms with Crippen LogP contribution in [0, 0.1) is 0 Å². The molecule has 0 bridgehead atoms. The van der Waals surface area contributed by atoms with E-state index < -0.39 is 12.1 Å². The molecule has 0 aromatic heterocycles. The minimum atomic E-state index is -0.714. The Morgan fingerprint density at radius 3 is 2.23 bits per heavy atom. The average molecular weight is 439 g/mol. The van der Waals surface area contributed by atoms with Crippen molar-refractivity contribution in [2.24, 2.45) is 5.73 Å². The fourth-order valence-electron chi connectivity index (χ4n) is 3.04. The molecule has 0 radical (unpaired) electrons. The molecular weight excluding hydrogens is 416 g/mol. The van der Waals surface area contributed by atoms with Crippen LogP contribution in [0.15, 0.2) is 72.8 Å². The number of urea groups is 1. The highest BCUT2D eigenvalue weighted by molar-refractivity contribution is 6.30. The van der Waals surface area contributed by atoms with Crippen molar-refractivity contribution in [1.82, 2.24) is 5.32 Å². The summed E-state index contributed by atoms with van der Waals surface area (Å²) in [6.07, 6.45) is 0.00143. The van der Waals surface area contributed by atoms with Crippen molar-refractivity contribution >= 4 is 40.6 Å². The first-order chi connectivity index (χ1) is 14.9. The molecule has 8 heteroatoms. The molecule has 3 aromatic carbocycles. The van der Waals surface area contributed by atoms with E-state index in [0.29, 0.717) is 10.7 Å². The molecule has 0 aliphatic heterocycles. The SMILES string of the molecule is COc1ccc(Nc2ccccc2NC(=O)C[C@H](NC(N)=O)c2ccc(Cl)cc2)cc1. The molecule has 3 rings (SSSR count). The van der Waals surface area contributed by atoms with Gasteiger partial charge in [-0.1, -0.05) is 35.9 Å². The molecule has 3 amide bonds. The average Bonchev–Trinajstić information content (AvgIpc) is 2.75. The van der Waals surface area contributed by atoms with Crippen LogP contribution < -0.4 is 26.4 Å². The summed E-state index contributed by atoms with van der Waals surface area (Å²) in [6, 6.07) is 20.4. The van der Waals surface area contributed by atoms with Gasteiger partial charge in [-0.05, 0) is 54.1 Å². The Labute approximate surface area is 185 Å². The monoisotopic (exact) mass is 438 g/mol. The topological polar surface area (TPSA) is 105 Å². The molecular formula is C23H23ClN4O3. The molecule has 0 saturated heterocycles. The Morgan fingerprint density at radius 2 is 1.61 bits per heavy atom. The number of hydrogen-bond acceptors (Lipinski definition) is 4. The van der Waals surface area contributed by atoms with Gasteiger partial charge in [-0.3, -0.25) is 4.79 Å². The first-order valence-electron chi connectivity index (χ1n) is 9.56. The first kappa shape index (κ1) is 22.0. The van der Waals surface area contributed by atoms with Crippen LogP contribution >= 0.6 is 11.6 Å². The smallest absolute Gasteiger partial charge is 0.312 e. The van der Waals surface area contributed by atoms with Gasteiger partial charge >= 0.3 is 6.03 Å². The highest BCUT2D eigenvalue weighted by Crippen LogP contribution is 2.27. The van der Waals surface area contributed by atoms with Gasteiger partial charge in [0.05, 0.1) is 30.9 Å². The van der Waals surface area contributed by atoms with Crippen LogP contribution in [-0.4, -0.2) is 19.0 Å². The normalized spacial score (nSPS) is 11.3. The van der Waals surface area contributed by atoms with Crippen molar-refractivity contribution in [3.8, 4) is 5.75 Å². The third-order valence-corrected chi connectivity index (χ3v) is 4.80. The van der Waals surface area contributed by atoms with E-state index in [-0.39, 0.29) is 12.3 Å². The summed E-state index contributed by atoms with van der Waals surface area (Å²) in [7, 11) is 1.61. The number of carbonyl (C=O) groups excluding carboxylic acids is 2. The van der Waals surface area contributed by atoms with Gasteiger partial charge in [0.25, 0.3) is 0 Å². The lowest BCUT2D eigenvalue weighted by molar-refractivity contribution is -0.116. The molecule has 0 unspecified atom stereocenters. The number of rotatable bonds is 8. The Hall–Kier alpha value is -3.71. The molecule has 0 heterocycles. The number of nitrogens with one attached hydrogen (secondary N) is 3. The van der Waals surface area contributed by atoms with Crippen molar-refractivity contribution < 1.29 is 14.3 Å². The molecule has 1 atom stereocenters. The maximum atomic E-state index is 12.8. The zero-order valence-electron chi connectivity index (χ0n) is 16.9. The molecule has 3 aromatic rings. The lowest BCUT2D eigenvalue weighted by Gasteiger charge is -2.19. The van der Waals surface area contributed by atoms with Gasteiger partial charge in [0.15, 0.2) is 0 Å². The predicted octanol–water partition coefficient (Wildman–Crippen LogP) is 4.83. The zero-order valence-corrected chi connectivity index (χ0v) is 17.6. The Bertz CT molecular complexity index is 1040. The largest absolute Gasteiger partial charge is 0.497 e. The summed E-state index contributed by atoms with van der Waals surface area (Å²) in [5, 5.41) is 9.34. The third kappa shape index (κ3) is 6.38. The summed E-state index contributed by atoms with van der Waals surface area (Å²) in [4.78, 5) is 24.2. The predicted molar refractivity (Wildman–Crippen MR) is 123 cm³/mol. The van der Waals surface area contributed by atoms with Crippen LogP contribution in [0.3, 0.4) is 0 Å². The molecule has 0 spiro atoms. The van der Waals surface area contributed by atoms with Crippen LogP contribution in [0.2, 0.25) is 5.02 Å². The Balaban J connectivity index is 1.72. The maximum absolute atomic E-state index is 12.8. The number of anilines is 3. The minimum Gasteiger partial charge on any atom is -0.497 e. The number of ether oxygens (including phenoxy) is 1. The number of nitrogens with two attached hydrogens (primary N) is 1. The van der Waals surface area contributed by atoms with Gasteiger partial charge in [-0.15, -0.1) is 0 Å². The fourth-order valence-corrected chi connectivity index (χ4v) is 3.16. The second-order valence-corrected chi connectivity index (χ2v) is 7.20. The van der Waals surface area contributed by atoms with Gasteiger partial charge in [0.2, 0.25) is 5.91 Å². The number of amides is 3. The van der Waals surface area contributed by atoms with E-state index in [0.717, 1.165) is 22.7 Å². The van der Waals surface area contributed by atoms with Gasteiger partial charge < -0.3 is 26.4 Å². The van der Waals surface area contributed by atoms with Crippen LogP contribution in [0.25, 0.3) is 0 Å². The van der Waals surface area contributed by atoms with Crippen molar-refractivity contribution in [3.63, 3.8) is 0 Å². The van der Waals surface area contributed by atoms with Gasteiger partial charge in [0, 0.05) is 10.7 Å². The van der Waals surface area contributed by atoms with Crippen molar-refractivity contribution in [3.05, 3.63) is 83.4 Å². The quantitative estimate of drug-likeness (QED) is 0.404. The molecule has 0 aliphatic rings. The summed E-state index contributed by atoms with van der Waals surface area (Å²) >= 11 is 5.93. The highest BCUT2D eigenvalue weighted by atomic mass is 35.5. The van der Waals surface area contributed by atoms with E-state index in [1.54, 1.807) is 37.4 Å². The minimum absolute atomic E-state index is 0.00143.